The number of nitrogens with zero attached hydrogens (tertiary/aromatic N) is 1. The van der Waals surface area contributed by atoms with E-state index in [1.54, 1.807) is 0 Å². The monoisotopic (exact) mass is 208 g/mol. The number of amides is 2. The van der Waals surface area contributed by atoms with Crippen LogP contribution in [0.1, 0.15) is 21.0 Å². The SMILES string of the molecule is CNC(=O)c1ccc(N)c(C(=O)NC)n1. The fourth-order valence-corrected chi connectivity index (χ4v) is 1.02. The number of carbonyl (C=O) groups is 2. The fourth-order valence-electron chi connectivity index (χ4n) is 1.02. The van der Waals surface area contributed by atoms with E-state index in [-0.39, 0.29) is 23.0 Å². The first kappa shape index (κ1) is 11.0. The number of nitrogens with one attached hydrogen (secondary N) is 2. The van der Waals surface area contributed by atoms with Crippen molar-refractivity contribution in [3.63, 3.8) is 0 Å². The zero-order valence-corrected chi connectivity index (χ0v) is 8.50. The second-order valence-corrected chi connectivity index (χ2v) is 2.79. The number of pyridine rings is 1. The van der Waals surface area contributed by atoms with Gasteiger partial charge in [-0.1, -0.05) is 0 Å². The Morgan fingerprint density at radius 2 is 1.80 bits per heavy atom. The maximum atomic E-state index is 11.3. The van der Waals surface area contributed by atoms with Crippen molar-refractivity contribution < 1.29 is 9.59 Å². The lowest BCUT2D eigenvalue weighted by Crippen LogP contribution is -2.24. The summed E-state index contributed by atoms with van der Waals surface area (Å²) in [7, 11) is 2.95. The molecule has 0 aliphatic rings. The molecule has 1 aromatic rings. The number of carbonyl (C=O) groups excluding carboxylic acids is 2. The van der Waals surface area contributed by atoms with Crippen LogP contribution in [0.25, 0.3) is 0 Å². The van der Waals surface area contributed by atoms with Crippen molar-refractivity contribution >= 4 is 17.5 Å². The van der Waals surface area contributed by atoms with Gasteiger partial charge in [0.1, 0.15) is 5.69 Å². The lowest BCUT2D eigenvalue weighted by atomic mass is 10.2. The summed E-state index contributed by atoms with van der Waals surface area (Å²) >= 11 is 0. The van der Waals surface area contributed by atoms with Crippen molar-refractivity contribution in [3.05, 3.63) is 23.5 Å². The van der Waals surface area contributed by atoms with Crippen LogP contribution in [-0.2, 0) is 0 Å². The summed E-state index contributed by atoms with van der Waals surface area (Å²) in [4.78, 5) is 26.4. The van der Waals surface area contributed by atoms with Crippen molar-refractivity contribution in [1.29, 1.82) is 0 Å². The summed E-state index contributed by atoms with van der Waals surface area (Å²) < 4.78 is 0. The van der Waals surface area contributed by atoms with Crippen molar-refractivity contribution in [1.82, 2.24) is 15.6 Å². The van der Waals surface area contributed by atoms with Crippen molar-refractivity contribution in [2.75, 3.05) is 19.8 Å². The lowest BCUT2D eigenvalue weighted by molar-refractivity contribution is 0.0954. The molecule has 0 radical (unpaired) electrons. The minimum absolute atomic E-state index is 0.0543. The van der Waals surface area contributed by atoms with E-state index in [1.165, 1.54) is 26.2 Å². The maximum absolute atomic E-state index is 11.3. The molecule has 2 amide bonds. The third-order valence-electron chi connectivity index (χ3n) is 1.83. The molecule has 6 nitrogen and oxygen atoms in total. The highest BCUT2D eigenvalue weighted by molar-refractivity contribution is 5.99. The Bertz CT molecular complexity index is 403. The summed E-state index contributed by atoms with van der Waals surface area (Å²) in [6.07, 6.45) is 0. The number of hydrogen-bond donors (Lipinski definition) is 3. The van der Waals surface area contributed by atoms with E-state index in [9.17, 15) is 9.59 Å². The van der Waals surface area contributed by atoms with Crippen LogP contribution >= 0.6 is 0 Å². The predicted molar refractivity (Wildman–Crippen MR) is 55.4 cm³/mol. The van der Waals surface area contributed by atoms with Gasteiger partial charge < -0.3 is 16.4 Å². The van der Waals surface area contributed by atoms with E-state index < -0.39 is 5.91 Å². The molecule has 1 heterocycles. The third-order valence-corrected chi connectivity index (χ3v) is 1.83. The van der Waals surface area contributed by atoms with E-state index in [1.807, 2.05) is 0 Å². The highest BCUT2D eigenvalue weighted by Crippen LogP contribution is 2.09. The Labute approximate surface area is 86.9 Å². The largest absolute Gasteiger partial charge is 0.397 e. The third kappa shape index (κ3) is 2.22. The van der Waals surface area contributed by atoms with Gasteiger partial charge in [-0.05, 0) is 12.1 Å². The van der Waals surface area contributed by atoms with Crippen LogP contribution in [0.3, 0.4) is 0 Å². The first-order valence-corrected chi connectivity index (χ1v) is 4.30. The summed E-state index contributed by atoms with van der Waals surface area (Å²) in [5, 5.41) is 4.80. The van der Waals surface area contributed by atoms with Gasteiger partial charge >= 0.3 is 0 Å². The average Bonchev–Trinajstić information content (AvgIpc) is 2.27. The Morgan fingerprint density at radius 3 is 2.33 bits per heavy atom. The van der Waals surface area contributed by atoms with E-state index in [4.69, 9.17) is 5.73 Å². The van der Waals surface area contributed by atoms with E-state index >= 15 is 0 Å². The van der Waals surface area contributed by atoms with Crippen molar-refractivity contribution in [2.24, 2.45) is 0 Å². The molecule has 0 atom stereocenters. The minimum Gasteiger partial charge on any atom is -0.397 e. The Kier molecular flexibility index (Phi) is 3.22. The van der Waals surface area contributed by atoms with E-state index in [2.05, 4.69) is 15.6 Å². The van der Waals surface area contributed by atoms with Gasteiger partial charge in [-0.3, -0.25) is 9.59 Å². The smallest absolute Gasteiger partial charge is 0.271 e. The average molecular weight is 208 g/mol. The number of hydrogen-bond acceptors (Lipinski definition) is 4. The Balaban J connectivity index is 3.16. The highest BCUT2D eigenvalue weighted by Gasteiger charge is 2.13. The molecular weight excluding hydrogens is 196 g/mol. The standard InChI is InChI=1S/C9H12N4O2/c1-11-8(14)6-4-3-5(10)7(13-6)9(15)12-2/h3-4H,10H2,1-2H3,(H,11,14)(H,12,15). The van der Waals surface area contributed by atoms with Gasteiger partial charge in [0.05, 0.1) is 5.69 Å². The van der Waals surface area contributed by atoms with Crippen molar-refractivity contribution in [2.45, 2.75) is 0 Å². The van der Waals surface area contributed by atoms with Gasteiger partial charge in [0.2, 0.25) is 0 Å². The molecule has 80 valence electrons. The lowest BCUT2D eigenvalue weighted by Gasteiger charge is -2.05. The molecule has 1 rings (SSSR count). The molecule has 15 heavy (non-hydrogen) atoms. The maximum Gasteiger partial charge on any atom is 0.271 e. The molecule has 0 saturated heterocycles. The quantitative estimate of drug-likeness (QED) is 0.603. The van der Waals surface area contributed by atoms with Crippen LogP contribution in [0.5, 0.6) is 0 Å². The predicted octanol–water partition coefficient (Wildman–Crippen LogP) is -0.617. The molecular formula is C9H12N4O2. The van der Waals surface area contributed by atoms with Gasteiger partial charge in [-0.2, -0.15) is 0 Å². The van der Waals surface area contributed by atoms with Gasteiger partial charge in [0, 0.05) is 14.1 Å². The van der Waals surface area contributed by atoms with Gasteiger partial charge in [0.25, 0.3) is 11.8 Å². The summed E-state index contributed by atoms with van der Waals surface area (Å²) in [6, 6.07) is 2.93. The molecule has 0 fully saturated rings. The van der Waals surface area contributed by atoms with Crippen LogP contribution in [0.15, 0.2) is 12.1 Å². The first-order valence-electron chi connectivity index (χ1n) is 4.30. The van der Waals surface area contributed by atoms with Gasteiger partial charge in [-0.25, -0.2) is 4.98 Å². The Hall–Kier alpha value is -2.11. The van der Waals surface area contributed by atoms with E-state index in [0.717, 1.165) is 0 Å². The minimum atomic E-state index is -0.418. The van der Waals surface area contributed by atoms with Crippen LogP contribution in [0.4, 0.5) is 5.69 Å². The molecule has 0 bridgehead atoms. The van der Waals surface area contributed by atoms with Crippen LogP contribution < -0.4 is 16.4 Å². The van der Waals surface area contributed by atoms with Crippen LogP contribution in [0.2, 0.25) is 0 Å². The molecule has 0 unspecified atom stereocenters. The highest BCUT2D eigenvalue weighted by atomic mass is 16.2. The van der Waals surface area contributed by atoms with E-state index in [0.29, 0.717) is 0 Å². The number of nitrogens with two attached hydrogens (primary N) is 1. The van der Waals surface area contributed by atoms with Crippen LogP contribution in [-0.4, -0.2) is 30.9 Å². The second kappa shape index (κ2) is 4.41. The summed E-state index contributed by atoms with van der Waals surface area (Å²) in [5.74, 6) is -0.779. The summed E-state index contributed by atoms with van der Waals surface area (Å²) in [6.45, 7) is 0. The molecule has 4 N–H and O–H groups in total. The zero-order chi connectivity index (χ0) is 11.4. The molecule has 6 heteroatoms. The molecule has 0 spiro atoms. The first-order chi connectivity index (χ1) is 7.10. The van der Waals surface area contributed by atoms with Crippen molar-refractivity contribution in [3.8, 4) is 0 Å². The summed E-state index contributed by atoms with van der Waals surface area (Å²) in [5.41, 5.74) is 6.00. The topological polar surface area (TPSA) is 97.1 Å². The molecule has 0 aromatic carbocycles. The second-order valence-electron chi connectivity index (χ2n) is 2.79. The number of nitrogen functional groups attached to an aromatic ring is 1. The molecule has 0 aliphatic carbocycles. The van der Waals surface area contributed by atoms with Gasteiger partial charge in [-0.15, -0.1) is 0 Å². The van der Waals surface area contributed by atoms with Crippen LogP contribution in [0, 0.1) is 0 Å². The molecule has 0 saturated carbocycles. The Morgan fingerprint density at radius 1 is 1.20 bits per heavy atom. The zero-order valence-electron chi connectivity index (χ0n) is 8.50. The number of rotatable bonds is 2. The normalized spacial score (nSPS) is 9.47. The number of aromatic nitrogens is 1. The molecule has 1 aromatic heterocycles. The number of anilines is 1. The molecule has 0 aliphatic heterocycles. The van der Waals surface area contributed by atoms with Gasteiger partial charge in [0.15, 0.2) is 5.69 Å². The fraction of sp³-hybridized carbons (Fsp3) is 0.222.